The van der Waals surface area contributed by atoms with Gasteiger partial charge in [0.2, 0.25) is 0 Å². The SMILES string of the molecule is CCOc1cc(/C=N/NC(=O)c2ccc([N+](=O)[O-])cc2)ccc1OCC(=O)Nc1ccc(OC)cc1. The molecule has 11 heteroatoms. The molecule has 0 fully saturated rings. The largest absolute Gasteiger partial charge is 0.497 e. The van der Waals surface area contributed by atoms with E-state index in [1.54, 1.807) is 49.6 Å². The van der Waals surface area contributed by atoms with Crippen molar-refractivity contribution in [3.8, 4) is 17.2 Å². The van der Waals surface area contributed by atoms with E-state index in [0.29, 0.717) is 35.1 Å². The Morgan fingerprint density at radius 2 is 1.72 bits per heavy atom. The van der Waals surface area contributed by atoms with Gasteiger partial charge in [-0.15, -0.1) is 0 Å². The predicted molar refractivity (Wildman–Crippen MR) is 133 cm³/mol. The minimum Gasteiger partial charge on any atom is -0.497 e. The van der Waals surface area contributed by atoms with Crippen LogP contribution in [0.5, 0.6) is 17.2 Å². The molecule has 0 saturated carbocycles. The number of nitrogens with zero attached hydrogens (tertiary/aromatic N) is 2. The summed E-state index contributed by atoms with van der Waals surface area (Å²) in [6.45, 7) is 1.95. The van der Waals surface area contributed by atoms with E-state index in [-0.39, 0.29) is 23.8 Å². The minimum absolute atomic E-state index is 0.112. The van der Waals surface area contributed by atoms with E-state index in [2.05, 4.69) is 15.8 Å². The molecule has 0 radical (unpaired) electrons. The fourth-order valence-corrected chi connectivity index (χ4v) is 2.97. The van der Waals surface area contributed by atoms with E-state index in [1.807, 2.05) is 6.92 Å². The number of rotatable bonds is 11. The Morgan fingerprint density at radius 3 is 2.36 bits per heavy atom. The van der Waals surface area contributed by atoms with Gasteiger partial charge in [0.25, 0.3) is 17.5 Å². The zero-order valence-corrected chi connectivity index (χ0v) is 19.6. The number of nitrogens with one attached hydrogen (secondary N) is 2. The van der Waals surface area contributed by atoms with Gasteiger partial charge in [0.15, 0.2) is 18.1 Å². The molecule has 0 saturated heterocycles. The molecule has 0 aliphatic carbocycles. The quantitative estimate of drug-likeness (QED) is 0.236. The first-order valence-electron chi connectivity index (χ1n) is 10.8. The molecule has 3 aromatic rings. The molecule has 0 heterocycles. The molecule has 11 nitrogen and oxygen atoms in total. The van der Waals surface area contributed by atoms with Crippen molar-refractivity contribution in [2.24, 2.45) is 5.10 Å². The van der Waals surface area contributed by atoms with Crippen molar-refractivity contribution in [1.82, 2.24) is 5.43 Å². The number of hydrazone groups is 1. The van der Waals surface area contributed by atoms with Crippen molar-refractivity contribution in [2.45, 2.75) is 6.92 Å². The summed E-state index contributed by atoms with van der Waals surface area (Å²) in [7, 11) is 1.56. The molecule has 0 bridgehead atoms. The number of carbonyl (C=O) groups excluding carboxylic acids is 2. The molecule has 2 N–H and O–H groups in total. The maximum absolute atomic E-state index is 12.2. The smallest absolute Gasteiger partial charge is 0.271 e. The van der Waals surface area contributed by atoms with E-state index >= 15 is 0 Å². The standard InChI is InChI=1S/C25H24N4O7/c1-3-35-23-14-17(15-26-28-25(31)18-5-9-20(10-6-18)29(32)33)4-13-22(23)36-16-24(30)27-19-7-11-21(34-2)12-8-19/h4-15H,3,16H2,1-2H3,(H,27,30)(H,28,31)/b26-15+. The number of methoxy groups -OCH3 is 1. The number of anilines is 1. The second kappa shape index (κ2) is 12.5. The van der Waals surface area contributed by atoms with Crippen LogP contribution in [0.2, 0.25) is 0 Å². The van der Waals surface area contributed by atoms with E-state index < -0.39 is 10.8 Å². The zero-order chi connectivity index (χ0) is 25.9. The van der Waals surface area contributed by atoms with Crippen LogP contribution in [0.15, 0.2) is 71.8 Å². The van der Waals surface area contributed by atoms with Gasteiger partial charge in [0, 0.05) is 23.4 Å². The van der Waals surface area contributed by atoms with Gasteiger partial charge >= 0.3 is 0 Å². The number of nitro benzene ring substituents is 1. The first kappa shape index (κ1) is 25.7. The van der Waals surface area contributed by atoms with Crippen molar-refractivity contribution in [3.63, 3.8) is 0 Å². The van der Waals surface area contributed by atoms with E-state index in [1.165, 1.54) is 30.5 Å². The third-order valence-corrected chi connectivity index (χ3v) is 4.72. The Kier molecular flexibility index (Phi) is 8.93. The molecule has 3 aromatic carbocycles. The Bertz CT molecular complexity index is 1240. The normalized spacial score (nSPS) is 10.5. The summed E-state index contributed by atoms with van der Waals surface area (Å²) < 4.78 is 16.3. The molecule has 0 atom stereocenters. The molecule has 36 heavy (non-hydrogen) atoms. The average molecular weight is 492 g/mol. The van der Waals surface area contributed by atoms with Gasteiger partial charge in [-0.05, 0) is 67.1 Å². The lowest BCUT2D eigenvalue weighted by Crippen LogP contribution is -2.20. The van der Waals surface area contributed by atoms with Gasteiger partial charge in [-0.25, -0.2) is 5.43 Å². The van der Waals surface area contributed by atoms with Crippen LogP contribution in [0.3, 0.4) is 0 Å². The fourth-order valence-electron chi connectivity index (χ4n) is 2.97. The van der Waals surface area contributed by atoms with Crippen molar-refractivity contribution >= 4 is 29.4 Å². The number of hydrogen-bond donors (Lipinski definition) is 2. The lowest BCUT2D eigenvalue weighted by Gasteiger charge is -2.13. The monoisotopic (exact) mass is 492 g/mol. The van der Waals surface area contributed by atoms with E-state index in [4.69, 9.17) is 14.2 Å². The van der Waals surface area contributed by atoms with Gasteiger partial charge in [-0.3, -0.25) is 19.7 Å². The second-order valence-corrected chi connectivity index (χ2v) is 7.21. The topological polar surface area (TPSA) is 141 Å². The van der Waals surface area contributed by atoms with Crippen molar-refractivity contribution < 1.29 is 28.7 Å². The Labute approximate surface area is 206 Å². The van der Waals surface area contributed by atoms with Crippen LogP contribution in [0, 0.1) is 10.1 Å². The number of non-ortho nitro benzene ring substituents is 1. The highest BCUT2D eigenvalue weighted by atomic mass is 16.6. The highest BCUT2D eigenvalue weighted by molar-refractivity contribution is 5.95. The summed E-state index contributed by atoms with van der Waals surface area (Å²) in [5.74, 6) is 0.588. The molecule has 0 spiro atoms. The van der Waals surface area contributed by atoms with Crippen LogP contribution in [-0.2, 0) is 4.79 Å². The van der Waals surface area contributed by atoms with Crippen LogP contribution in [0.25, 0.3) is 0 Å². The number of nitro groups is 1. The molecular weight excluding hydrogens is 468 g/mol. The van der Waals surface area contributed by atoms with Crippen molar-refractivity contribution in [3.05, 3.63) is 88.0 Å². The summed E-state index contributed by atoms with van der Waals surface area (Å²) in [6, 6.07) is 17.0. The Balaban J connectivity index is 1.58. The molecule has 0 aliphatic heterocycles. The van der Waals surface area contributed by atoms with Crippen LogP contribution in [0.4, 0.5) is 11.4 Å². The van der Waals surface area contributed by atoms with Crippen LogP contribution < -0.4 is 25.0 Å². The molecule has 0 aliphatic rings. The summed E-state index contributed by atoms with van der Waals surface area (Å²) in [5, 5.41) is 17.4. The summed E-state index contributed by atoms with van der Waals surface area (Å²) >= 11 is 0. The zero-order valence-electron chi connectivity index (χ0n) is 19.6. The maximum atomic E-state index is 12.2. The van der Waals surface area contributed by atoms with E-state index in [0.717, 1.165) is 0 Å². The van der Waals surface area contributed by atoms with Crippen LogP contribution >= 0.6 is 0 Å². The number of carbonyl (C=O) groups is 2. The van der Waals surface area contributed by atoms with E-state index in [9.17, 15) is 19.7 Å². The third-order valence-electron chi connectivity index (χ3n) is 4.72. The number of benzene rings is 3. The second-order valence-electron chi connectivity index (χ2n) is 7.21. The molecule has 186 valence electrons. The molecular formula is C25H24N4O7. The Hall–Kier alpha value is -4.93. The summed E-state index contributed by atoms with van der Waals surface area (Å²) in [4.78, 5) is 34.6. The van der Waals surface area contributed by atoms with Gasteiger partial charge in [0.1, 0.15) is 5.75 Å². The lowest BCUT2D eigenvalue weighted by atomic mass is 10.2. The number of hydrogen-bond acceptors (Lipinski definition) is 8. The fraction of sp³-hybridized carbons (Fsp3) is 0.160. The van der Waals surface area contributed by atoms with Crippen molar-refractivity contribution in [2.75, 3.05) is 25.6 Å². The lowest BCUT2D eigenvalue weighted by molar-refractivity contribution is -0.384. The van der Waals surface area contributed by atoms with Crippen LogP contribution in [-0.4, -0.2) is 43.3 Å². The van der Waals surface area contributed by atoms with Crippen LogP contribution in [0.1, 0.15) is 22.8 Å². The molecule has 0 aromatic heterocycles. The molecule has 3 rings (SSSR count). The predicted octanol–water partition coefficient (Wildman–Crippen LogP) is 3.78. The highest BCUT2D eigenvalue weighted by Gasteiger charge is 2.11. The van der Waals surface area contributed by atoms with Gasteiger partial charge < -0.3 is 19.5 Å². The Morgan fingerprint density at radius 1 is 1.00 bits per heavy atom. The first-order chi connectivity index (χ1) is 17.4. The highest BCUT2D eigenvalue weighted by Crippen LogP contribution is 2.28. The maximum Gasteiger partial charge on any atom is 0.271 e. The molecule has 0 unspecified atom stereocenters. The number of ether oxygens (including phenoxy) is 3. The number of amides is 2. The first-order valence-corrected chi connectivity index (χ1v) is 10.8. The summed E-state index contributed by atoms with van der Waals surface area (Å²) in [6.07, 6.45) is 1.41. The molecule has 2 amide bonds. The summed E-state index contributed by atoms with van der Waals surface area (Å²) in [5.41, 5.74) is 3.69. The van der Waals surface area contributed by atoms with Gasteiger partial charge in [-0.2, -0.15) is 5.10 Å². The van der Waals surface area contributed by atoms with Gasteiger partial charge in [-0.1, -0.05) is 0 Å². The third kappa shape index (κ3) is 7.29. The van der Waals surface area contributed by atoms with Gasteiger partial charge in [0.05, 0.1) is 24.9 Å². The minimum atomic E-state index is -0.545. The van der Waals surface area contributed by atoms with Crippen molar-refractivity contribution in [1.29, 1.82) is 0 Å². The average Bonchev–Trinajstić information content (AvgIpc) is 2.89.